The minimum Gasteiger partial charge on any atom is -1.00 e. The molecule has 5 nitrogen and oxygen atoms in total. The van der Waals surface area contributed by atoms with Gasteiger partial charge in [0, 0.05) is 0 Å². The van der Waals surface area contributed by atoms with E-state index in [4.69, 9.17) is 17.5 Å². The maximum atomic E-state index is 8.63. The maximum Gasteiger partial charge on any atom is 1.00 e. The molecule has 0 heterocycles. The fraction of sp³-hybridized carbons (Fsp3) is 0. The van der Waals surface area contributed by atoms with Crippen molar-refractivity contribution in [2.75, 3.05) is 0 Å². The zero-order chi connectivity index (χ0) is 4.50. The first-order valence-electron chi connectivity index (χ1n) is 0.683. The Morgan fingerprint density at radius 2 is 1.71 bits per heavy atom. The number of rotatable bonds is 0. The molecule has 0 bridgehead atoms. The molecule has 0 aliphatic heterocycles. The standard InChI is InChI=1S/Na.H2O4S.H2O.H/c;1-5(2,3)4;;/h;(H2,1,2,3,4);1H2;/q+1;;;-1. The van der Waals surface area contributed by atoms with Crippen molar-refractivity contribution in [1.29, 1.82) is 0 Å². The van der Waals surface area contributed by atoms with E-state index in [0.717, 1.165) is 0 Å². The van der Waals surface area contributed by atoms with Crippen LogP contribution in [0, 0.1) is 0 Å². The summed E-state index contributed by atoms with van der Waals surface area (Å²) >= 11 is 0. The zero-order valence-electron chi connectivity index (χ0n) is 5.58. The molecule has 0 atom stereocenters. The number of hydrogen-bond acceptors (Lipinski definition) is 3. The van der Waals surface area contributed by atoms with E-state index in [1.54, 1.807) is 0 Å². The van der Waals surface area contributed by atoms with Gasteiger partial charge >= 0.3 is 31.0 Å². The summed E-state index contributed by atoms with van der Waals surface area (Å²) in [6.07, 6.45) is 0. The summed E-state index contributed by atoms with van der Waals surface area (Å²) in [6, 6.07) is 0. The second kappa shape index (κ2) is 4.98. The van der Waals surface area contributed by atoms with Crippen LogP contribution in [0.15, 0.2) is 0 Å². The van der Waals surface area contributed by atoms with Gasteiger partial charge in [-0.25, -0.2) is 8.42 Å². The zero-order valence-corrected chi connectivity index (χ0v) is 6.40. The molecule has 0 aromatic rings. The van der Waals surface area contributed by atoms with Crippen molar-refractivity contribution < 1.29 is 55.4 Å². The first kappa shape index (κ1) is 15.7. The summed E-state index contributed by atoms with van der Waals surface area (Å²) in [5.74, 6) is 0. The molecule has 0 spiro atoms. The SMILES string of the molecule is O.O=S(=O)([O-])O.[H+].[H-].[Na+]. The largest absolute Gasteiger partial charge is 1.00 e. The Morgan fingerprint density at radius 1 is 1.71 bits per heavy atom. The molecule has 0 aromatic carbocycles. The third-order valence-electron chi connectivity index (χ3n) is 0. The van der Waals surface area contributed by atoms with E-state index in [0.29, 0.717) is 0 Å². The van der Waals surface area contributed by atoms with Gasteiger partial charge < -0.3 is 11.5 Å². The van der Waals surface area contributed by atoms with Crippen molar-refractivity contribution in [3.05, 3.63) is 0 Å². The Morgan fingerprint density at radius 3 is 1.71 bits per heavy atom. The van der Waals surface area contributed by atoms with Crippen LogP contribution < -0.4 is 29.6 Å². The predicted molar refractivity (Wildman–Crippen MR) is 18.2 cm³/mol. The van der Waals surface area contributed by atoms with Crippen LogP contribution in [0.3, 0.4) is 0 Å². The van der Waals surface area contributed by atoms with E-state index in [9.17, 15) is 0 Å². The average molecular weight is 140 g/mol. The van der Waals surface area contributed by atoms with Crippen molar-refractivity contribution in [3.63, 3.8) is 0 Å². The van der Waals surface area contributed by atoms with Gasteiger partial charge in [-0.15, -0.1) is 0 Å². The molecular weight excluding hydrogens is 135 g/mol. The summed E-state index contributed by atoms with van der Waals surface area (Å²) in [5, 5.41) is 0. The van der Waals surface area contributed by atoms with Crippen molar-refractivity contribution >= 4 is 10.4 Å². The Kier molecular flexibility index (Phi) is 11.1. The second-order valence-corrected chi connectivity index (χ2v) is 1.28. The normalized spacial score (nSPS) is 8.29. The molecule has 7 heteroatoms. The number of hydrogen-bond donors (Lipinski definition) is 1. The van der Waals surface area contributed by atoms with E-state index < -0.39 is 10.4 Å². The molecule has 0 aliphatic carbocycles. The smallest absolute Gasteiger partial charge is 1.00 e. The molecule has 0 saturated carbocycles. The van der Waals surface area contributed by atoms with E-state index in [-0.39, 0.29) is 37.9 Å². The van der Waals surface area contributed by atoms with Crippen molar-refractivity contribution in [3.8, 4) is 0 Å². The maximum absolute atomic E-state index is 8.63. The van der Waals surface area contributed by atoms with E-state index in [1.807, 2.05) is 0 Å². The molecule has 0 rings (SSSR count). The monoisotopic (exact) mass is 140 g/mol. The van der Waals surface area contributed by atoms with E-state index >= 15 is 0 Å². The summed E-state index contributed by atoms with van der Waals surface area (Å²) < 4.78 is 32.8. The summed E-state index contributed by atoms with van der Waals surface area (Å²) in [6.45, 7) is 0. The van der Waals surface area contributed by atoms with E-state index in [2.05, 4.69) is 0 Å². The van der Waals surface area contributed by atoms with Crippen LogP contribution >= 0.6 is 0 Å². The van der Waals surface area contributed by atoms with Gasteiger partial charge in [0.05, 0.1) is 0 Å². The first-order chi connectivity index (χ1) is 2.00. The van der Waals surface area contributed by atoms with Gasteiger partial charge in [-0.1, -0.05) is 0 Å². The van der Waals surface area contributed by atoms with Crippen LogP contribution in [-0.4, -0.2) is 23.0 Å². The molecule has 0 fully saturated rings. The van der Waals surface area contributed by atoms with Gasteiger partial charge in [-0.3, -0.25) is 4.55 Å². The second-order valence-electron chi connectivity index (χ2n) is 0.428. The molecule has 7 heavy (non-hydrogen) atoms. The van der Waals surface area contributed by atoms with Crippen LogP contribution in [0.5, 0.6) is 0 Å². The van der Waals surface area contributed by atoms with Crippen LogP contribution in [0.4, 0.5) is 0 Å². The Labute approximate surface area is 65.9 Å². The molecule has 0 unspecified atom stereocenters. The molecule has 0 saturated heterocycles. The van der Waals surface area contributed by atoms with Crippen LogP contribution in [0.1, 0.15) is 2.85 Å². The van der Waals surface area contributed by atoms with Crippen molar-refractivity contribution in [2.24, 2.45) is 0 Å². The van der Waals surface area contributed by atoms with E-state index in [1.165, 1.54) is 0 Å². The van der Waals surface area contributed by atoms with Gasteiger partial charge in [0.1, 0.15) is 0 Å². The molecule has 0 aromatic heterocycles. The fourth-order valence-electron chi connectivity index (χ4n) is 0. The molecular formula is H5NaO5S. The van der Waals surface area contributed by atoms with Gasteiger partial charge in [0.15, 0.2) is 0 Å². The van der Waals surface area contributed by atoms with Crippen LogP contribution in [-0.2, 0) is 10.4 Å². The first-order valence-corrected chi connectivity index (χ1v) is 2.05. The fourth-order valence-corrected chi connectivity index (χ4v) is 0. The Bertz CT molecular complexity index is 98.1. The Hall–Kier alpha value is 0.830. The summed E-state index contributed by atoms with van der Waals surface area (Å²) in [4.78, 5) is 0. The summed E-state index contributed by atoms with van der Waals surface area (Å²) in [7, 11) is -4.92. The predicted octanol–water partition coefficient (Wildman–Crippen LogP) is -4.59. The van der Waals surface area contributed by atoms with Gasteiger partial charge in [-0.05, 0) is 0 Å². The third-order valence-corrected chi connectivity index (χ3v) is 0. The average Bonchev–Trinajstić information content (AvgIpc) is 0.722. The molecule has 0 amide bonds. The summed E-state index contributed by atoms with van der Waals surface area (Å²) in [5.41, 5.74) is 0. The van der Waals surface area contributed by atoms with Crippen LogP contribution in [0.25, 0.3) is 0 Å². The molecule has 0 aliphatic rings. The topological polar surface area (TPSA) is 109 Å². The quantitative estimate of drug-likeness (QED) is 0.207. The third kappa shape index (κ3) is 231. The van der Waals surface area contributed by atoms with Crippen molar-refractivity contribution in [1.82, 2.24) is 0 Å². The van der Waals surface area contributed by atoms with Gasteiger partial charge in [0.25, 0.3) is 0 Å². The van der Waals surface area contributed by atoms with Crippen molar-refractivity contribution in [2.45, 2.75) is 0 Å². The molecule has 42 valence electrons. The molecule has 0 radical (unpaired) electrons. The minimum atomic E-state index is -4.92. The molecule has 3 N–H and O–H groups in total. The minimum absolute atomic E-state index is 0. The van der Waals surface area contributed by atoms with Gasteiger partial charge in [0.2, 0.25) is 10.4 Å². The Balaban J connectivity index is -0.0000000133. The van der Waals surface area contributed by atoms with Crippen LogP contribution in [0.2, 0.25) is 0 Å². The van der Waals surface area contributed by atoms with Gasteiger partial charge in [-0.2, -0.15) is 0 Å².